The van der Waals surface area contributed by atoms with Gasteiger partial charge in [-0.2, -0.15) is 5.10 Å². The molecule has 0 saturated heterocycles. The van der Waals surface area contributed by atoms with E-state index in [1.54, 1.807) is 18.2 Å². The van der Waals surface area contributed by atoms with Crippen LogP contribution >= 0.6 is 0 Å². The highest BCUT2D eigenvalue weighted by Crippen LogP contribution is 2.28. The molecular weight excluding hydrogens is 317 g/mol. The molecule has 3 aromatic heterocycles. The van der Waals surface area contributed by atoms with Crippen LogP contribution in [-0.2, 0) is 6.54 Å². The Labute approximate surface area is 132 Å². The molecule has 0 radical (unpaired) electrons. The van der Waals surface area contributed by atoms with Crippen LogP contribution in [0.5, 0.6) is 0 Å². The first-order valence-corrected chi connectivity index (χ1v) is 6.90. The number of aromatic nitrogens is 6. The van der Waals surface area contributed by atoms with Crippen molar-refractivity contribution in [1.82, 2.24) is 29.9 Å². The summed E-state index contributed by atoms with van der Waals surface area (Å²) in [6.07, 6.45) is 1.28. The molecule has 10 heteroatoms. The first-order valence-electron chi connectivity index (χ1n) is 6.90. The van der Waals surface area contributed by atoms with Crippen molar-refractivity contribution in [3.8, 4) is 11.5 Å². The summed E-state index contributed by atoms with van der Waals surface area (Å²) in [5.41, 5.74) is 6.99. The first-order chi connectivity index (χ1) is 11.6. The summed E-state index contributed by atoms with van der Waals surface area (Å²) in [6.45, 7) is 0.127. The van der Waals surface area contributed by atoms with Gasteiger partial charge in [-0.25, -0.2) is 23.8 Å². The fourth-order valence-corrected chi connectivity index (χ4v) is 2.43. The number of nitrogens with zero attached hydrogens (tertiary/aromatic N) is 5. The molecule has 0 aliphatic rings. The molecule has 120 valence electrons. The molecular formula is C14H10FN7O2. The van der Waals surface area contributed by atoms with Crippen molar-refractivity contribution >= 4 is 16.9 Å². The summed E-state index contributed by atoms with van der Waals surface area (Å²) < 4.78 is 19.9. The average Bonchev–Trinajstić information content (AvgIpc) is 3.15. The maximum absolute atomic E-state index is 13.9. The second-order valence-electron chi connectivity index (χ2n) is 5.00. The monoisotopic (exact) mass is 327 g/mol. The van der Waals surface area contributed by atoms with Crippen molar-refractivity contribution in [2.45, 2.75) is 6.54 Å². The van der Waals surface area contributed by atoms with Gasteiger partial charge in [0.1, 0.15) is 23.7 Å². The van der Waals surface area contributed by atoms with Gasteiger partial charge < -0.3 is 5.73 Å². The number of hydrogen-bond acceptors (Lipinski definition) is 7. The third kappa shape index (κ3) is 2.20. The molecule has 0 amide bonds. The predicted octanol–water partition coefficient (Wildman–Crippen LogP) is 0.939. The van der Waals surface area contributed by atoms with E-state index < -0.39 is 5.76 Å². The number of nitrogens with two attached hydrogens (primary N) is 1. The van der Waals surface area contributed by atoms with Crippen LogP contribution in [0.25, 0.3) is 22.6 Å². The second-order valence-corrected chi connectivity index (χ2v) is 5.00. The van der Waals surface area contributed by atoms with E-state index in [2.05, 4.69) is 29.7 Å². The third-order valence-corrected chi connectivity index (χ3v) is 3.50. The predicted molar refractivity (Wildman–Crippen MR) is 81.4 cm³/mol. The number of rotatable bonds is 3. The molecule has 4 rings (SSSR count). The minimum atomic E-state index is -0.725. The fourth-order valence-electron chi connectivity index (χ4n) is 2.43. The quantitative estimate of drug-likeness (QED) is 0.573. The molecule has 0 unspecified atom stereocenters. The zero-order valence-electron chi connectivity index (χ0n) is 12.1. The van der Waals surface area contributed by atoms with E-state index in [0.29, 0.717) is 16.6 Å². The van der Waals surface area contributed by atoms with Crippen LogP contribution in [-0.4, -0.2) is 29.9 Å². The minimum Gasteiger partial charge on any atom is -0.383 e. The van der Waals surface area contributed by atoms with E-state index in [-0.39, 0.29) is 29.7 Å². The Morgan fingerprint density at radius 1 is 1.29 bits per heavy atom. The van der Waals surface area contributed by atoms with Gasteiger partial charge in [0, 0.05) is 5.56 Å². The molecule has 0 bridgehead atoms. The average molecular weight is 327 g/mol. The van der Waals surface area contributed by atoms with Crippen LogP contribution in [0, 0.1) is 5.82 Å². The Hall–Kier alpha value is -3.56. The van der Waals surface area contributed by atoms with Gasteiger partial charge in [-0.05, 0) is 6.07 Å². The van der Waals surface area contributed by atoms with Crippen LogP contribution in [0.2, 0.25) is 0 Å². The Morgan fingerprint density at radius 3 is 2.88 bits per heavy atom. The highest BCUT2D eigenvalue weighted by molar-refractivity contribution is 5.96. The number of hydrogen-bond donors (Lipinski definition) is 2. The van der Waals surface area contributed by atoms with Crippen LogP contribution in [0.4, 0.5) is 10.2 Å². The maximum atomic E-state index is 13.9. The number of aromatic amines is 1. The largest absolute Gasteiger partial charge is 0.439 e. The molecule has 0 aliphatic heterocycles. The number of anilines is 1. The first kappa shape index (κ1) is 14.1. The smallest absolute Gasteiger partial charge is 0.383 e. The van der Waals surface area contributed by atoms with Crippen molar-refractivity contribution in [3.05, 3.63) is 52.5 Å². The lowest BCUT2D eigenvalue weighted by atomic mass is 10.2. The molecule has 1 aromatic carbocycles. The lowest BCUT2D eigenvalue weighted by molar-refractivity contribution is 0.387. The standard InChI is InChI=1S/C14H10FN7O2/c15-8-4-2-1-3-7(8)5-22-13-9(11(16)17-6-18-13)10(20-22)12-19-14(23)24-21-12/h1-4,6H,5H2,(H2,16,17,18)(H,19,21,23). The second kappa shape index (κ2) is 5.26. The van der Waals surface area contributed by atoms with Crippen molar-refractivity contribution < 1.29 is 8.91 Å². The van der Waals surface area contributed by atoms with Crippen LogP contribution in [0.15, 0.2) is 39.9 Å². The summed E-state index contributed by atoms with van der Waals surface area (Å²) in [4.78, 5) is 21.7. The van der Waals surface area contributed by atoms with Crippen molar-refractivity contribution in [3.63, 3.8) is 0 Å². The van der Waals surface area contributed by atoms with Gasteiger partial charge in [0.05, 0.1) is 11.9 Å². The number of halogens is 1. The molecule has 3 N–H and O–H groups in total. The van der Waals surface area contributed by atoms with Gasteiger partial charge in [-0.3, -0.25) is 9.51 Å². The SMILES string of the molecule is Nc1ncnc2c1c(-c1noc(=O)[nH]1)nn2Cc1ccccc1F. The number of fused-ring (bicyclic) bond motifs is 1. The molecule has 0 spiro atoms. The maximum Gasteiger partial charge on any atom is 0.439 e. The Bertz CT molecular complexity index is 1100. The van der Waals surface area contributed by atoms with E-state index in [0.717, 1.165) is 0 Å². The Morgan fingerprint density at radius 2 is 2.12 bits per heavy atom. The van der Waals surface area contributed by atoms with Crippen LogP contribution in [0.3, 0.4) is 0 Å². The van der Waals surface area contributed by atoms with Gasteiger partial charge in [-0.1, -0.05) is 23.4 Å². The number of H-pyrrole nitrogens is 1. The van der Waals surface area contributed by atoms with E-state index in [9.17, 15) is 9.18 Å². The fraction of sp³-hybridized carbons (Fsp3) is 0.0714. The number of benzene rings is 1. The summed E-state index contributed by atoms with van der Waals surface area (Å²) >= 11 is 0. The molecule has 3 heterocycles. The van der Waals surface area contributed by atoms with Gasteiger partial charge in [0.15, 0.2) is 5.65 Å². The van der Waals surface area contributed by atoms with Crippen molar-refractivity contribution in [2.24, 2.45) is 0 Å². The molecule has 24 heavy (non-hydrogen) atoms. The van der Waals surface area contributed by atoms with Crippen molar-refractivity contribution in [2.75, 3.05) is 5.73 Å². The molecule has 0 saturated carbocycles. The third-order valence-electron chi connectivity index (χ3n) is 3.50. The lowest BCUT2D eigenvalue weighted by Gasteiger charge is -2.04. The zero-order chi connectivity index (χ0) is 16.7. The van der Waals surface area contributed by atoms with Gasteiger partial charge in [-0.15, -0.1) is 0 Å². The highest BCUT2D eigenvalue weighted by atomic mass is 19.1. The molecule has 0 aliphatic carbocycles. The Balaban J connectivity index is 1.92. The van der Waals surface area contributed by atoms with Crippen LogP contribution < -0.4 is 11.5 Å². The van der Waals surface area contributed by atoms with E-state index >= 15 is 0 Å². The highest BCUT2D eigenvalue weighted by Gasteiger charge is 2.20. The molecule has 9 nitrogen and oxygen atoms in total. The van der Waals surface area contributed by atoms with E-state index in [1.165, 1.54) is 17.1 Å². The molecule has 4 aromatic rings. The number of nitrogens with one attached hydrogen (secondary N) is 1. The summed E-state index contributed by atoms with van der Waals surface area (Å²) in [5, 5.41) is 8.36. The summed E-state index contributed by atoms with van der Waals surface area (Å²) in [5.74, 6) is -0.825. The minimum absolute atomic E-state index is 0.0961. The normalized spacial score (nSPS) is 11.2. The van der Waals surface area contributed by atoms with E-state index in [1.807, 2.05) is 0 Å². The zero-order valence-corrected chi connectivity index (χ0v) is 12.1. The summed E-state index contributed by atoms with van der Waals surface area (Å²) in [6, 6.07) is 6.33. The topological polar surface area (TPSA) is 129 Å². The number of nitrogen functional groups attached to an aromatic ring is 1. The van der Waals surface area contributed by atoms with Crippen LogP contribution in [0.1, 0.15) is 5.56 Å². The van der Waals surface area contributed by atoms with Gasteiger partial charge >= 0.3 is 5.76 Å². The van der Waals surface area contributed by atoms with Gasteiger partial charge in [0.25, 0.3) is 0 Å². The summed E-state index contributed by atoms with van der Waals surface area (Å²) in [7, 11) is 0. The lowest BCUT2D eigenvalue weighted by Crippen LogP contribution is -2.05. The molecule has 0 fully saturated rings. The van der Waals surface area contributed by atoms with Gasteiger partial charge in [0.2, 0.25) is 5.82 Å². The Kier molecular flexibility index (Phi) is 3.08. The van der Waals surface area contributed by atoms with Crippen molar-refractivity contribution in [1.29, 1.82) is 0 Å². The van der Waals surface area contributed by atoms with E-state index in [4.69, 9.17) is 5.73 Å². The molecule has 0 atom stereocenters.